The molecule has 0 aromatic rings. The van der Waals surface area contributed by atoms with Crippen LogP contribution >= 0.6 is 0 Å². The second-order valence-corrected chi connectivity index (χ2v) is 3.69. The van der Waals surface area contributed by atoms with E-state index in [1.807, 2.05) is 0 Å². The number of carbonyl (C=O) groups is 6. The molecule has 10 heteroatoms. The third kappa shape index (κ3) is 6.22. The lowest BCUT2D eigenvalue weighted by molar-refractivity contribution is -0.460. The fourth-order valence-electron chi connectivity index (χ4n) is 0.845. The lowest BCUT2D eigenvalue weighted by Gasteiger charge is -2.15. The monoisotopic (exact) mass is 317 g/mol. The molecule has 10 nitrogen and oxygen atoms in total. The molecule has 0 saturated carbocycles. The van der Waals surface area contributed by atoms with Gasteiger partial charge >= 0.3 is 17.9 Å². The highest BCUT2D eigenvalue weighted by Crippen LogP contribution is 2.02. The molecule has 0 radical (unpaired) electrons. The summed E-state index contributed by atoms with van der Waals surface area (Å²) in [7, 11) is 0. The van der Waals surface area contributed by atoms with Crippen LogP contribution in [0.3, 0.4) is 0 Å². The van der Waals surface area contributed by atoms with E-state index in [2.05, 4.69) is 14.5 Å². The van der Waals surface area contributed by atoms with Crippen molar-refractivity contribution in [1.82, 2.24) is 5.39 Å². The third-order valence-corrected chi connectivity index (χ3v) is 2.12. The number of hydrogen-bond donors (Lipinski definition) is 0. The van der Waals surface area contributed by atoms with E-state index < -0.39 is 40.6 Å². The summed E-state index contributed by atoms with van der Waals surface area (Å²) >= 11 is 0. The minimum absolute atomic E-state index is 0.226. The van der Waals surface area contributed by atoms with Crippen LogP contribution in [0.1, 0.15) is 40.0 Å². The largest absolute Gasteiger partial charge is 0.399 e. The van der Waals surface area contributed by atoms with Gasteiger partial charge in [-0.1, -0.05) is 20.8 Å². The SMILES string of the molecule is CCC(=O)C(=O)ON(OC(=O)C(=O)CC)OC(=O)C(=O)CC. The highest BCUT2D eigenvalue weighted by molar-refractivity contribution is 6.34. The summed E-state index contributed by atoms with van der Waals surface area (Å²) in [5, 5.41) is -0.429. The highest BCUT2D eigenvalue weighted by Gasteiger charge is 2.29. The summed E-state index contributed by atoms with van der Waals surface area (Å²) in [6, 6.07) is 0. The number of Topliss-reactive ketones (excluding diaryl/α,β-unsaturated/α-hetero) is 3. The average Bonchev–Trinajstić information content (AvgIpc) is 2.51. The molecule has 0 aliphatic carbocycles. The zero-order valence-corrected chi connectivity index (χ0v) is 12.2. The molecule has 0 atom stereocenters. The van der Waals surface area contributed by atoms with Crippen LogP contribution in [0.4, 0.5) is 0 Å². The van der Waals surface area contributed by atoms with Crippen molar-refractivity contribution in [1.29, 1.82) is 0 Å². The van der Waals surface area contributed by atoms with Crippen LogP contribution in [0.5, 0.6) is 0 Å². The molecule has 0 aliphatic heterocycles. The molecule has 0 N–H and O–H groups in total. The Labute approximate surface area is 125 Å². The van der Waals surface area contributed by atoms with Gasteiger partial charge in [0.25, 0.3) is 0 Å². The molecular formula is C12H15NO9. The molecule has 0 aliphatic rings. The van der Waals surface area contributed by atoms with Gasteiger partial charge in [0.2, 0.25) is 22.7 Å². The van der Waals surface area contributed by atoms with Crippen LogP contribution in [0, 0.1) is 0 Å². The van der Waals surface area contributed by atoms with Crippen molar-refractivity contribution >= 4 is 35.3 Å². The molecule has 0 aromatic carbocycles. The minimum atomic E-state index is -1.50. The van der Waals surface area contributed by atoms with Gasteiger partial charge in [0.1, 0.15) is 0 Å². The third-order valence-electron chi connectivity index (χ3n) is 2.12. The number of nitrogens with zero attached hydrogens (tertiary/aromatic N) is 1. The Morgan fingerprint density at radius 1 is 0.591 bits per heavy atom. The van der Waals surface area contributed by atoms with E-state index in [0.717, 1.165) is 0 Å². The van der Waals surface area contributed by atoms with Crippen molar-refractivity contribution in [3.8, 4) is 0 Å². The van der Waals surface area contributed by atoms with Gasteiger partial charge < -0.3 is 0 Å². The topological polar surface area (TPSA) is 133 Å². The second kappa shape index (κ2) is 9.34. The molecular weight excluding hydrogens is 302 g/mol. The molecule has 122 valence electrons. The summed E-state index contributed by atoms with van der Waals surface area (Å²) < 4.78 is 0. The van der Waals surface area contributed by atoms with E-state index >= 15 is 0 Å². The van der Waals surface area contributed by atoms with E-state index in [9.17, 15) is 28.8 Å². The van der Waals surface area contributed by atoms with Gasteiger partial charge in [0, 0.05) is 19.3 Å². The Balaban J connectivity index is 4.98. The minimum Gasteiger partial charge on any atom is -0.292 e. The van der Waals surface area contributed by atoms with E-state index in [1.165, 1.54) is 20.8 Å². The van der Waals surface area contributed by atoms with E-state index in [1.54, 1.807) is 0 Å². The molecule has 0 spiro atoms. The van der Waals surface area contributed by atoms with Crippen molar-refractivity contribution in [3.05, 3.63) is 0 Å². The first kappa shape index (κ1) is 19.4. The first-order valence-electron chi connectivity index (χ1n) is 6.32. The van der Waals surface area contributed by atoms with E-state index in [0.29, 0.717) is 0 Å². The molecule has 0 saturated heterocycles. The predicted molar refractivity (Wildman–Crippen MR) is 66.0 cm³/mol. The van der Waals surface area contributed by atoms with Gasteiger partial charge in [-0.2, -0.15) is 0 Å². The zero-order valence-electron chi connectivity index (χ0n) is 12.2. The Morgan fingerprint density at radius 3 is 1.00 bits per heavy atom. The highest BCUT2D eigenvalue weighted by atomic mass is 17.2. The maximum absolute atomic E-state index is 11.3. The summed E-state index contributed by atoms with van der Waals surface area (Å²) in [6.07, 6.45) is -0.678. The lowest BCUT2D eigenvalue weighted by atomic mass is 10.3. The number of rotatable bonds is 9. The van der Waals surface area contributed by atoms with Crippen LogP contribution < -0.4 is 0 Å². The zero-order chi connectivity index (χ0) is 17.3. The molecule has 0 amide bonds. The Hall–Kier alpha value is -2.62. The first-order valence-corrected chi connectivity index (χ1v) is 6.32. The Kier molecular flexibility index (Phi) is 8.23. The molecule has 0 fully saturated rings. The van der Waals surface area contributed by atoms with Crippen LogP contribution in [0.2, 0.25) is 0 Å². The van der Waals surface area contributed by atoms with E-state index in [-0.39, 0.29) is 19.3 Å². The number of carbonyl (C=O) groups excluding carboxylic acids is 6. The van der Waals surface area contributed by atoms with Gasteiger partial charge in [-0.05, 0) is 0 Å². The van der Waals surface area contributed by atoms with Crippen LogP contribution in [0.25, 0.3) is 0 Å². The molecule has 0 rings (SSSR count). The first-order chi connectivity index (χ1) is 10.3. The quantitative estimate of drug-likeness (QED) is 0.408. The number of ketones is 3. The standard InChI is InChI=1S/C12H15NO9/c1-4-7(14)10(17)20-13(21-11(18)8(15)5-2)22-12(19)9(16)6-3/h4-6H2,1-3H3. The van der Waals surface area contributed by atoms with Crippen LogP contribution in [0.15, 0.2) is 0 Å². The van der Waals surface area contributed by atoms with Crippen molar-refractivity contribution in [2.45, 2.75) is 40.0 Å². The summed E-state index contributed by atoms with van der Waals surface area (Å²) in [4.78, 5) is 79.6. The second-order valence-electron chi connectivity index (χ2n) is 3.69. The molecule has 0 heterocycles. The fourth-order valence-corrected chi connectivity index (χ4v) is 0.845. The molecule has 0 bridgehead atoms. The number of hydrogen-bond acceptors (Lipinski definition) is 10. The predicted octanol–water partition coefficient (Wildman–Crippen LogP) is -0.400. The van der Waals surface area contributed by atoms with Crippen molar-refractivity contribution in [2.24, 2.45) is 0 Å². The van der Waals surface area contributed by atoms with Crippen molar-refractivity contribution < 1.29 is 43.3 Å². The van der Waals surface area contributed by atoms with Crippen LogP contribution in [-0.4, -0.2) is 40.6 Å². The van der Waals surface area contributed by atoms with Crippen molar-refractivity contribution in [2.75, 3.05) is 0 Å². The van der Waals surface area contributed by atoms with Gasteiger partial charge in [0.15, 0.2) is 0 Å². The molecule has 22 heavy (non-hydrogen) atoms. The average molecular weight is 317 g/mol. The van der Waals surface area contributed by atoms with Crippen molar-refractivity contribution in [3.63, 3.8) is 0 Å². The summed E-state index contributed by atoms with van der Waals surface area (Å²) in [5.74, 6) is -7.55. The lowest BCUT2D eigenvalue weighted by Crippen LogP contribution is -2.38. The Bertz CT molecular complexity index is 426. The Morgan fingerprint density at radius 2 is 0.818 bits per heavy atom. The van der Waals surface area contributed by atoms with Crippen LogP contribution in [-0.2, 0) is 43.3 Å². The van der Waals surface area contributed by atoms with E-state index in [4.69, 9.17) is 0 Å². The molecule has 0 aromatic heterocycles. The molecule has 0 unspecified atom stereocenters. The summed E-state index contributed by atoms with van der Waals surface area (Å²) in [6.45, 7) is 4.06. The van der Waals surface area contributed by atoms with Gasteiger partial charge in [-0.15, -0.1) is 0 Å². The maximum Gasteiger partial charge on any atom is 0.399 e. The van der Waals surface area contributed by atoms with Gasteiger partial charge in [-0.3, -0.25) is 28.9 Å². The fraction of sp³-hybridized carbons (Fsp3) is 0.500. The summed E-state index contributed by atoms with van der Waals surface area (Å²) in [5.41, 5.74) is 0. The van der Waals surface area contributed by atoms with Gasteiger partial charge in [0.05, 0.1) is 0 Å². The smallest absolute Gasteiger partial charge is 0.292 e. The normalized spacial score (nSPS) is 9.82. The maximum atomic E-state index is 11.3. The van der Waals surface area contributed by atoms with Gasteiger partial charge in [-0.25, -0.2) is 14.4 Å².